The van der Waals surface area contributed by atoms with Crippen molar-refractivity contribution in [2.45, 2.75) is 25.8 Å². The fourth-order valence-electron chi connectivity index (χ4n) is 2.34. The maximum atomic E-state index is 13.6. The van der Waals surface area contributed by atoms with Gasteiger partial charge in [0.05, 0.1) is 6.61 Å². The first kappa shape index (κ1) is 14.4. The van der Waals surface area contributed by atoms with Crippen molar-refractivity contribution in [2.24, 2.45) is 0 Å². The van der Waals surface area contributed by atoms with Crippen LogP contribution in [0.3, 0.4) is 0 Å². The summed E-state index contributed by atoms with van der Waals surface area (Å²) in [6.45, 7) is 2.15. The van der Waals surface area contributed by atoms with Crippen molar-refractivity contribution in [1.29, 1.82) is 0 Å². The number of rotatable bonds is 3. The molecule has 0 radical (unpaired) electrons. The van der Waals surface area contributed by atoms with Gasteiger partial charge in [0.1, 0.15) is 23.2 Å². The van der Waals surface area contributed by atoms with Gasteiger partial charge in [-0.25, -0.2) is 13.6 Å². The highest BCUT2D eigenvalue weighted by Gasteiger charge is 2.37. The predicted octanol–water partition coefficient (Wildman–Crippen LogP) is 2.13. The highest BCUT2D eigenvalue weighted by Crippen LogP contribution is 2.23. The quantitative estimate of drug-likeness (QED) is 0.798. The molecule has 20 heavy (non-hydrogen) atoms. The molecule has 1 aliphatic heterocycles. The van der Waals surface area contributed by atoms with Crippen LogP contribution in [-0.2, 0) is 9.53 Å². The molecule has 1 aliphatic rings. The Morgan fingerprint density at radius 1 is 1.35 bits per heavy atom. The van der Waals surface area contributed by atoms with Gasteiger partial charge in [-0.1, -0.05) is 6.07 Å². The zero-order valence-electron chi connectivity index (χ0n) is 11.1. The summed E-state index contributed by atoms with van der Waals surface area (Å²) < 4.78 is 32.1. The minimum absolute atomic E-state index is 0.200. The van der Waals surface area contributed by atoms with E-state index in [4.69, 9.17) is 4.74 Å². The summed E-state index contributed by atoms with van der Waals surface area (Å²) in [4.78, 5) is 25.2. The minimum atomic E-state index is -0.926. The number of ether oxygens (including phenoxy) is 1. The van der Waals surface area contributed by atoms with Crippen LogP contribution < -0.4 is 0 Å². The SMILES string of the molecule is CCOC(=O)C1CCCN1C(=O)c1c(F)cccc1F. The molecular formula is C14H15F2NO3. The Balaban J connectivity index is 2.26. The first-order valence-electron chi connectivity index (χ1n) is 6.48. The summed E-state index contributed by atoms with van der Waals surface area (Å²) in [5, 5.41) is 0. The summed E-state index contributed by atoms with van der Waals surface area (Å²) in [6.07, 6.45) is 1.05. The molecule has 0 aromatic heterocycles. The van der Waals surface area contributed by atoms with E-state index in [9.17, 15) is 18.4 Å². The molecule has 4 nitrogen and oxygen atoms in total. The van der Waals surface area contributed by atoms with Gasteiger partial charge in [-0.3, -0.25) is 4.79 Å². The van der Waals surface area contributed by atoms with E-state index >= 15 is 0 Å². The number of hydrogen-bond acceptors (Lipinski definition) is 3. The molecule has 0 bridgehead atoms. The second kappa shape index (κ2) is 5.98. The molecule has 1 heterocycles. The monoisotopic (exact) mass is 283 g/mol. The summed E-state index contributed by atoms with van der Waals surface area (Å²) in [7, 11) is 0. The Kier molecular flexibility index (Phi) is 4.32. The minimum Gasteiger partial charge on any atom is -0.464 e. The van der Waals surface area contributed by atoms with E-state index in [2.05, 4.69) is 0 Å². The summed E-state index contributed by atoms with van der Waals surface area (Å²) >= 11 is 0. The van der Waals surface area contributed by atoms with Crippen molar-refractivity contribution in [1.82, 2.24) is 4.90 Å². The third kappa shape index (κ3) is 2.64. The molecule has 1 aromatic carbocycles. The van der Waals surface area contributed by atoms with Gasteiger partial charge in [0.15, 0.2) is 0 Å². The molecule has 1 amide bonds. The Morgan fingerprint density at radius 3 is 2.60 bits per heavy atom. The number of likely N-dealkylation sites (tertiary alicyclic amines) is 1. The number of carbonyl (C=O) groups excluding carboxylic acids is 2. The second-order valence-electron chi connectivity index (χ2n) is 4.51. The molecular weight excluding hydrogens is 268 g/mol. The van der Waals surface area contributed by atoms with E-state index in [-0.39, 0.29) is 13.2 Å². The van der Waals surface area contributed by atoms with Gasteiger partial charge in [-0.2, -0.15) is 0 Å². The van der Waals surface area contributed by atoms with Crippen LogP contribution >= 0.6 is 0 Å². The third-order valence-electron chi connectivity index (χ3n) is 3.25. The average Bonchev–Trinajstić information content (AvgIpc) is 2.87. The van der Waals surface area contributed by atoms with E-state index in [1.165, 1.54) is 11.0 Å². The van der Waals surface area contributed by atoms with Crippen LogP contribution in [0.2, 0.25) is 0 Å². The molecule has 1 unspecified atom stereocenters. The van der Waals surface area contributed by atoms with Crippen LogP contribution in [0.4, 0.5) is 8.78 Å². The van der Waals surface area contributed by atoms with E-state index in [0.29, 0.717) is 12.8 Å². The van der Waals surface area contributed by atoms with Gasteiger partial charge in [-0.05, 0) is 31.9 Å². The normalized spacial score (nSPS) is 18.1. The maximum absolute atomic E-state index is 13.6. The molecule has 1 saturated heterocycles. The Labute approximate surface area is 115 Å². The lowest BCUT2D eigenvalue weighted by molar-refractivity contribution is -0.147. The molecule has 0 spiro atoms. The van der Waals surface area contributed by atoms with Gasteiger partial charge in [0, 0.05) is 6.54 Å². The van der Waals surface area contributed by atoms with Gasteiger partial charge >= 0.3 is 5.97 Å². The molecule has 1 aromatic rings. The molecule has 1 atom stereocenters. The summed E-state index contributed by atoms with van der Waals surface area (Å²) in [5.41, 5.74) is -0.622. The van der Waals surface area contributed by atoms with Crippen molar-refractivity contribution < 1.29 is 23.1 Å². The Hall–Kier alpha value is -1.98. The molecule has 2 rings (SSSR count). The lowest BCUT2D eigenvalue weighted by Gasteiger charge is -2.23. The zero-order chi connectivity index (χ0) is 14.7. The smallest absolute Gasteiger partial charge is 0.328 e. The van der Waals surface area contributed by atoms with E-state index in [1.807, 2.05) is 0 Å². The largest absolute Gasteiger partial charge is 0.464 e. The van der Waals surface area contributed by atoms with Crippen LogP contribution in [0.1, 0.15) is 30.1 Å². The van der Waals surface area contributed by atoms with Gasteiger partial charge in [-0.15, -0.1) is 0 Å². The van der Waals surface area contributed by atoms with Crippen LogP contribution in [-0.4, -0.2) is 36.0 Å². The number of nitrogens with zero attached hydrogens (tertiary/aromatic N) is 1. The highest BCUT2D eigenvalue weighted by molar-refractivity contribution is 5.97. The molecule has 0 aliphatic carbocycles. The molecule has 1 fully saturated rings. The summed E-state index contributed by atoms with van der Waals surface area (Å²) in [5.74, 6) is -3.19. The molecule has 6 heteroatoms. The van der Waals surface area contributed by atoms with Crippen LogP contribution in [0.5, 0.6) is 0 Å². The number of carbonyl (C=O) groups is 2. The molecule has 0 saturated carbocycles. The number of halogens is 2. The van der Waals surface area contributed by atoms with Crippen molar-refractivity contribution in [2.75, 3.05) is 13.2 Å². The van der Waals surface area contributed by atoms with Crippen molar-refractivity contribution in [3.05, 3.63) is 35.4 Å². The number of amides is 1. The van der Waals surface area contributed by atoms with Crippen molar-refractivity contribution in [3.63, 3.8) is 0 Å². The van der Waals surface area contributed by atoms with Crippen LogP contribution in [0.15, 0.2) is 18.2 Å². The average molecular weight is 283 g/mol. The fraction of sp³-hybridized carbons (Fsp3) is 0.429. The van der Waals surface area contributed by atoms with E-state index in [1.54, 1.807) is 6.92 Å². The van der Waals surface area contributed by atoms with Crippen molar-refractivity contribution in [3.8, 4) is 0 Å². The predicted molar refractivity (Wildman–Crippen MR) is 67.0 cm³/mol. The lowest BCUT2D eigenvalue weighted by atomic mass is 10.1. The van der Waals surface area contributed by atoms with E-state index in [0.717, 1.165) is 12.1 Å². The first-order chi connectivity index (χ1) is 9.56. The Bertz CT molecular complexity index is 513. The van der Waals surface area contributed by atoms with Crippen LogP contribution in [0, 0.1) is 11.6 Å². The lowest BCUT2D eigenvalue weighted by Crippen LogP contribution is -2.42. The molecule has 0 N–H and O–H groups in total. The van der Waals surface area contributed by atoms with Crippen LogP contribution in [0.25, 0.3) is 0 Å². The summed E-state index contributed by atoms with van der Waals surface area (Å²) in [6, 6.07) is 2.47. The third-order valence-corrected chi connectivity index (χ3v) is 3.25. The maximum Gasteiger partial charge on any atom is 0.328 e. The standard InChI is InChI=1S/C14H15F2NO3/c1-2-20-14(19)11-7-4-8-17(11)13(18)12-9(15)5-3-6-10(12)16/h3,5-6,11H,2,4,7-8H2,1H3. The van der Waals surface area contributed by atoms with Gasteiger partial charge in [0.2, 0.25) is 0 Å². The number of esters is 1. The number of hydrogen-bond donors (Lipinski definition) is 0. The van der Waals surface area contributed by atoms with Crippen molar-refractivity contribution >= 4 is 11.9 Å². The van der Waals surface area contributed by atoms with Gasteiger partial charge in [0.25, 0.3) is 5.91 Å². The molecule has 108 valence electrons. The highest BCUT2D eigenvalue weighted by atomic mass is 19.1. The Morgan fingerprint density at radius 2 is 2.00 bits per heavy atom. The number of benzene rings is 1. The van der Waals surface area contributed by atoms with Gasteiger partial charge < -0.3 is 9.64 Å². The topological polar surface area (TPSA) is 46.6 Å². The van der Waals surface area contributed by atoms with E-state index < -0.39 is 35.1 Å². The fourth-order valence-corrected chi connectivity index (χ4v) is 2.34. The second-order valence-corrected chi connectivity index (χ2v) is 4.51. The first-order valence-corrected chi connectivity index (χ1v) is 6.48. The zero-order valence-corrected chi connectivity index (χ0v) is 11.1.